The third kappa shape index (κ3) is 4.79. The molecule has 0 aromatic rings. The highest BCUT2D eigenvalue weighted by Crippen LogP contribution is 2.20. The summed E-state index contributed by atoms with van der Waals surface area (Å²) in [6, 6.07) is 0. The fourth-order valence-electron chi connectivity index (χ4n) is 2.29. The number of unbranched alkanes of at least 4 members (excludes halogenated alkanes) is 1. The maximum absolute atomic E-state index is 3.49. The Morgan fingerprint density at radius 2 is 2.07 bits per heavy atom. The maximum atomic E-state index is 3.49. The van der Waals surface area contributed by atoms with E-state index >= 15 is 0 Å². The Balaban J connectivity index is 2.14. The molecule has 0 aliphatic carbocycles. The van der Waals surface area contributed by atoms with Crippen molar-refractivity contribution in [3.05, 3.63) is 0 Å². The second kappa shape index (κ2) is 7.70. The minimum atomic E-state index is 1.01. The Bertz CT molecular complexity index is 138. The van der Waals surface area contributed by atoms with Gasteiger partial charge in [0.1, 0.15) is 0 Å². The largest absolute Gasteiger partial charge is 0.303 e. The molecule has 0 aromatic carbocycles. The third-order valence-corrected chi connectivity index (χ3v) is 3.94. The highest BCUT2D eigenvalue weighted by molar-refractivity contribution is 9.09. The first-order valence-corrected chi connectivity index (χ1v) is 7.27. The van der Waals surface area contributed by atoms with E-state index in [1.165, 1.54) is 63.5 Å². The molecule has 1 nitrogen and oxygen atoms in total. The van der Waals surface area contributed by atoms with Crippen LogP contribution in [0.5, 0.6) is 0 Å². The molecule has 1 aliphatic heterocycles. The zero-order chi connectivity index (χ0) is 10.2. The highest BCUT2D eigenvalue weighted by Gasteiger charge is 2.14. The van der Waals surface area contributed by atoms with Gasteiger partial charge in [-0.1, -0.05) is 29.3 Å². The minimum Gasteiger partial charge on any atom is -0.303 e. The van der Waals surface area contributed by atoms with E-state index in [4.69, 9.17) is 0 Å². The van der Waals surface area contributed by atoms with Crippen LogP contribution in [0.25, 0.3) is 0 Å². The smallest absolute Gasteiger partial charge is 0.00317 e. The first-order valence-electron chi connectivity index (χ1n) is 6.15. The van der Waals surface area contributed by atoms with Crippen molar-refractivity contribution in [2.45, 2.75) is 45.4 Å². The van der Waals surface area contributed by atoms with E-state index in [-0.39, 0.29) is 0 Å². The predicted octanol–water partition coefficient (Wildman–Crippen LogP) is 3.67. The summed E-state index contributed by atoms with van der Waals surface area (Å²) in [6.45, 7) is 6.35. The fourth-order valence-corrected chi connectivity index (χ4v) is 2.68. The van der Waals surface area contributed by atoms with Gasteiger partial charge in [-0.25, -0.2) is 0 Å². The first kappa shape index (κ1) is 12.5. The summed E-state index contributed by atoms with van der Waals surface area (Å²) in [7, 11) is 0. The summed E-state index contributed by atoms with van der Waals surface area (Å²) >= 11 is 3.49. The summed E-state index contributed by atoms with van der Waals surface area (Å²) < 4.78 is 0. The zero-order valence-corrected chi connectivity index (χ0v) is 11.1. The van der Waals surface area contributed by atoms with Crippen LogP contribution < -0.4 is 0 Å². The lowest BCUT2D eigenvalue weighted by Gasteiger charge is -2.19. The van der Waals surface area contributed by atoms with E-state index in [2.05, 4.69) is 27.8 Å². The van der Waals surface area contributed by atoms with Gasteiger partial charge >= 0.3 is 0 Å². The Kier molecular flexibility index (Phi) is 6.88. The SMILES string of the molecule is CCC1CCCN(CCCCBr)CC1. The molecule has 1 aliphatic rings. The van der Waals surface area contributed by atoms with Crippen LogP contribution >= 0.6 is 15.9 Å². The molecule has 14 heavy (non-hydrogen) atoms. The molecule has 0 bridgehead atoms. The van der Waals surface area contributed by atoms with Crippen LogP contribution in [0.15, 0.2) is 0 Å². The molecule has 1 atom stereocenters. The van der Waals surface area contributed by atoms with Crippen LogP contribution in [0, 0.1) is 5.92 Å². The van der Waals surface area contributed by atoms with Crippen LogP contribution in [0.3, 0.4) is 0 Å². The van der Waals surface area contributed by atoms with Crippen LogP contribution in [-0.2, 0) is 0 Å². The number of halogens is 1. The average Bonchev–Trinajstić information content (AvgIpc) is 2.43. The van der Waals surface area contributed by atoms with Crippen LogP contribution in [0.2, 0.25) is 0 Å². The van der Waals surface area contributed by atoms with Gasteiger partial charge in [0.25, 0.3) is 0 Å². The predicted molar refractivity (Wildman–Crippen MR) is 67.1 cm³/mol. The molecule has 1 saturated heterocycles. The van der Waals surface area contributed by atoms with Gasteiger partial charge in [-0.15, -0.1) is 0 Å². The molecule has 1 unspecified atom stereocenters. The summed E-state index contributed by atoms with van der Waals surface area (Å²) in [5.41, 5.74) is 0. The summed E-state index contributed by atoms with van der Waals surface area (Å²) in [5, 5.41) is 1.17. The zero-order valence-electron chi connectivity index (χ0n) is 9.47. The van der Waals surface area contributed by atoms with Crippen molar-refractivity contribution < 1.29 is 0 Å². The van der Waals surface area contributed by atoms with E-state index in [0.29, 0.717) is 0 Å². The Morgan fingerprint density at radius 3 is 2.79 bits per heavy atom. The van der Waals surface area contributed by atoms with Crippen molar-refractivity contribution in [2.24, 2.45) is 5.92 Å². The molecule has 1 fully saturated rings. The third-order valence-electron chi connectivity index (χ3n) is 3.38. The van der Waals surface area contributed by atoms with E-state index in [1.807, 2.05) is 0 Å². The molecular formula is C12H24BrN. The van der Waals surface area contributed by atoms with E-state index in [0.717, 1.165) is 5.92 Å². The minimum absolute atomic E-state index is 1.01. The van der Waals surface area contributed by atoms with Crippen LogP contribution in [-0.4, -0.2) is 29.9 Å². The summed E-state index contributed by atoms with van der Waals surface area (Å²) in [4.78, 5) is 2.66. The molecule has 0 aromatic heterocycles. The Labute approximate surface area is 97.4 Å². The molecule has 0 radical (unpaired) electrons. The van der Waals surface area contributed by atoms with E-state index in [1.54, 1.807) is 0 Å². The quantitative estimate of drug-likeness (QED) is 0.539. The normalized spacial score (nSPS) is 24.9. The van der Waals surface area contributed by atoms with Crippen molar-refractivity contribution >= 4 is 15.9 Å². The number of hydrogen-bond acceptors (Lipinski definition) is 1. The lowest BCUT2D eigenvalue weighted by atomic mass is 9.98. The van der Waals surface area contributed by atoms with Gasteiger partial charge in [0.15, 0.2) is 0 Å². The lowest BCUT2D eigenvalue weighted by Crippen LogP contribution is -2.26. The van der Waals surface area contributed by atoms with Gasteiger partial charge in [-0.3, -0.25) is 0 Å². The highest BCUT2D eigenvalue weighted by atomic mass is 79.9. The van der Waals surface area contributed by atoms with Crippen molar-refractivity contribution in [3.8, 4) is 0 Å². The number of rotatable bonds is 5. The summed E-state index contributed by atoms with van der Waals surface area (Å²) in [5.74, 6) is 1.01. The number of hydrogen-bond donors (Lipinski definition) is 0. The standard InChI is InChI=1S/C12H24BrN/c1-2-12-6-5-10-14(11-7-12)9-4-3-8-13/h12H,2-11H2,1H3. The molecule has 2 heteroatoms. The van der Waals surface area contributed by atoms with Crippen LogP contribution in [0.1, 0.15) is 45.4 Å². The van der Waals surface area contributed by atoms with Gasteiger partial charge in [0, 0.05) is 5.33 Å². The average molecular weight is 262 g/mol. The Hall–Kier alpha value is 0.440. The van der Waals surface area contributed by atoms with E-state index in [9.17, 15) is 0 Å². The van der Waals surface area contributed by atoms with Gasteiger partial charge in [-0.2, -0.15) is 0 Å². The van der Waals surface area contributed by atoms with Crippen molar-refractivity contribution in [3.63, 3.8) is 0 Å². The monoisotopic (exact) mass is 261 g/mol. The number of likely N-dealkylation sites (tertiary alicyclic amines) is 1. The number of alkyl halides is 1. The van der Waals surface area contributed by atoms with Crippen molar-refractivity contribution in [1.29, 1.82) is 0 Å². The first-order chi connectivity index (χ1) is 6.86. The van der Waals surface area contributed by atoms with Gasteiger partial charge in [-0.05, 0) is 57.7 Å². The van der Waals surface area contributed by atoms with Gasteiger partial charge in [0.05, 0.1) is 0 Å². The molecule has 0 saturated carbocycles. The lowest BCUT2D eigenvalue weighted by molar-refractivity contribution is 0.276. The molecule has 0 amide bonds. The molecule has 1 heterocycles. The van der Waals surface area contributed by atoms with Gasteiger partial charge in [0.2, 0.25) is 0 Å². The molecule has 0 spiro atoms. The second-order valence-corrected chi connectivity index (χ2v) is 5.24. The molecule has 84 valence electrons. The van der Waals surface area contributed by atoms with Crippen molar-refractivity contribution in [1.82, 2.24) is 4.90 Å². The molecule has 1 rings (SSSR count). The maximum Gasteiger partial charge on any atom is 0.00317 e. The Morgan fingerprint density at radius 1 is 1.21 bits per heavy atom. The molecule has 0 N–H and O–H groups in total. The van der Waals surface area contributed by atoms with E-state index < -0.39 is 0 Å². The second-order valence-electron chi connectivity index (χ2n) is 4.44. The fraction of sp³-hybridized carbons (Fsp3) is 1.00. The number of nitrogens with zero attached hydrogens (tertiary/aromatic N) is 1. The molecular weight excluding hydrogens is 238 g/mol. The van der Waals surface area contributed by atoms with Crippen molar-refractivity contribution in [2.75, 3.05) is 25.0 Å². The van der Waals surface area contributed by atoms with Crippen LogP contribution in [0.4, 0.5) is 0 Å². The van der Waals surface area contributed by atoms with Gasteiger partial charge < -0.3 is 4.90 Å². The summed E-state index contributed by atoms with van der Waals surface area (Å²) in [6.07, 6.45) is 8.40. The topological polar surface area (TPSA) is 3.24 Å².